The maximum Gasteiger partial charge on any atom is 0.0192 e. The molecule has 1 heterocycles. The van der Waals surface area contributed by atoms with Crippen molar-refractivity contribution in [2.75, 3.05) is 19.6 Å². The van der Waals surface area contributed by atoms with Gasteiger partial charge in [0.05, 0.1) is 0 Å². The van der Waals surface area contributed by atoms with E-state index in [2.05, 4.69) is 55.7 Å². The van der Waals surface area contributed by atoms with E-state index >= 15 is 0 Å². The van der Waals surface area contributed by atoms with E-state index in [9.17, 15) is 0 Å². The Labute approximate surface area is 111 Å². The summed E-state index contributed by atoms with van der Waals surface area (Å²) in [6, 6.07) is 9.60. The molecule has 2 nitrogen and oxygen atoms in total. The van der Waals surface area contributed by atoms with Crippen LogP contribution in [0.2, 0.25) is 0 Å². The molecule has 0 spiro atoms. The van der Waals surface area contributed by atoms with E-state index < -0.39 is 0 Å². The third-order valence-electron chi connectivity index (χ3n) is 3.95. The van der Waals surface area contributed by atoms with Crippen molar-refractivity contribution in [3.63, 3.8) is 0 Å². The van der Waals surface area contributed by atoms with Crippen molar-refractivity contribution in [2.24, 2.45) is 0 Å². The number of hydrogen-bond donors (Lipinski definition) is 2. The summed E-state index contributed by atoms with van der Waals surface area (Å²) in [6.07, 6.45) is 2.64. The molecule has 0 aliphatic carbocycles. The molecule has 2 rings (SSSR count). The quantitative estimate of drug-likeness (QED) is 0.834. The molecule has 2 heteroatoms. The van der Waals surface area contributed by atoms with Crippen LogP contribution < -0.4 is 10.6 Å². The predicted octanol–water partition coefficient (Wildman–Crippen LogP) is 2.61. The van der Waals surface area contributed by atoms with Gasteiger partial charge in [-0.15, -0.1) is 0 Å². The lowest BCUT2D eigenvalue weighted by molar-refractivity contribution is 0.442. The first-order chi connectivity index (χ1) is 8.58. The first kappa shape index (κ1) is 13.6. The number of rotatable bonds is 5. The van der Waals surface area contributed by atoms with Crippen LogP contribution in [0.5, 0.6) is 0 Å². The van der Waals surface area contributed by atoms with E-state index in [1.54, 1.807) is 0 Å². The van der Waals surface area contributed by atoms with Gasteiger partial charge in [-0.2, -0.15) is 0 Å². The highest BCUT2D eigenvalue weighted by atomic mass is 15.0. The number of hydrogen-bond acceptors (Lipinski definition) is 2. The first-order valence-corrected chi connectivity index (χ1v) is 7.09. The molecule has 2 N–H and O–H groups in total. The molecule has 0 radical (unpaired) electrons. The van der Waals surface area contributed by atoms with Crippen molar-refractivity contribution in [2.45, 2.75) is 45.1 Å². The van der Waals surface area contributed by atoms with Crippen molar-refractivity contribution >= 4 is 0 Å². The molecule has 0 bridgehead atoms. The van der Waals surface area contributed by atoms with Gasteiger partial charge in [0, 0.05) is 24.5 Å². The zero-order chi connectivity index (χ0) is 13.0. The molecule has 18 heavy (non-hydrogen) atoms. The smallest absolute Gasteiger partial charge is 0.0192 e. The predicted molar refractivity (Wildman–Crippen MR) is 78.1 cm³/mol. The average molecular weight is 246 g/mol. The van der Waals surface area contributed by atoms with E-state index in [0.29, 0.717) is 6.04 Å². The topological polar surface area (TPSA) is 24.1 Å². The van der Waals surface area contributed by atoms with Crippen LogP contribution in [0.15, 0.2) is 24.3 Å². The van der Waals surface area contributed by atoms with Crippen molar-refractivity contribution in [3.05, 3.63) is 35.4 Å². The molecule has 0 aromatic heterocycles. The first-order valence-electron chi connectivity index (χ1n) is 7.09. The van der Waals surface area contributed by atoms with Crippen LogP contribution in [0.4, 0.5) is 0 Å². The molecule has 0 saturated carbocycles. The summed E-state index contributed by atoms with van der Waals surface area (Å²) < 4.78 is 0. The van der Waals surface area contributed by atoms with Gasteiger partial charge in [0.15, 0.2) is 0 Å². The minimum Gasteiger partial charge on any atom is -0.314 e. The Hall–Kier alpha value is -0.860. The van der Waals surface area contributed by atoms with Gasteiger partial charge >= 0.3 is 0 Å². The largest absolute Gasteiger partial charge is 0.314 e. The molecule has 1 aromatic rings. The summed E-state index contributed by atoms with van der Waals surface area (Å²) in [5.74, 6) is 0. The Morgan fingerprint density at radius 3 is 2.61 bits per heavy atom. The highest BCUT2D eigenvalue weighted by Gasteiger charge is 2.21. The Morgan fingerprint density at radius 1 is 1.28 bits per heavy atom. The minimum absolute atomic E-state index is 0.201. The van der Waals surface area contributed by atoms with E-state index in [-0.39, 0.29) is 5.41 Å². The zero-order valence-electron chi connectivity index (χ0n) is 11.9. The normalized spacial score (nSPS) is 20.3. The molecule has 1 aromatic carbocycles. The fourth-order valence-electron chi connectivity index (χ4n) is 2.60. The fourth-order valence-corrected chi connectivity index (χ4v) is 2.60. The van der Waals surface area contributed by atoms with Crippen LogP contribution in [-0.4, -0.2) is 25.7 Å². The maximum absolute atomic E-state index is 3.62. The summed E-state index contributed by atoms with van der Waals surface area (Å²) in [6.45, 7) is 10.1. The van der Waals surface area contributed by atoms with Crippen LogP contribution in [0.3, 0.4) is 0 Å². The average Bonchev–Trinajstić information content (AvgIpc) is 2.82. The lowest BCUT2D eigenvalue weighted by atomic mass is 9.84. The van der Waals surface area contributed by atoms with Crippen LogP contribution in [0.1, 0.15) is 37.8 Å². The third kappa shape index (κ3) is 3.56. The monoisotopic (exact) mass is 246 g/mol. The van der Waals surface area contributed by atoms with Gasteiger partial charge < -0.3 is 10.6 Å². The molecule has 1 aliphatic heterocycles. The molecule has 1 saturated heterocycles. The minimum atomic E-state index is 0.201. The number of aryl methyl sites for hydroxylation is 1. The van der Waals surface area contributed by atoms with Gasteiger partial charge in [0.25, 0.3) is 0 Å². The summed E-state index contributed by atoms with van der Waals surface area (Å²) >= 11 is 0. The van der Waals surface area contributed by atoms with E-state index in [1.807, 2.05) is 0 Å². The summed E-state index contributed by atoms with van der Waals surface area (Å²) in [5, 5.41) is 7.15. The Balaban J connectivity index is 1.84. The van der Waals surface area contributed by atoms with Crippen molar-refractivity contribution < 1.29 is 0 Å². The van der Waals surface area contributed by atoms with Crippen molar-refractivity contribution in [3.8, 4) is 0 Å². The van der Waals surface area contributed by atoms with E-state index in [1.165, 1.54) is 30.5 Å². The molecule has 1 aliphatic rings. The summed E-state index contributed by atoms with van der Waals surface area (Å²) in [7, 11) is 0. The molecule has 1 atom stereocenters. The van der Waals surface area contributed by atoms with E-state index in [0.717, 1.165) is 13.1 Å². The fraction of sp³-hybridized carbons (Fsp3) is 0.625. The SMILES string of the molecule is Cc1ccc(C(C)(C)CNCC2CCCN2)cc1. The van der Waals surface area contributed by atoms with Gasteiger partial charge in [-0.1, -0.05) is 43.7 Å². The van der Waals surface area contributed by atoms with Crippen molar-refractivity contribution in [1.29, 1.82) is 0 Å². The Bertz CT molecular complexity index is 361. The second-order valence-corrected chi connectivity index (χ2v) is 6.17. The van der Waals surface area contributed by atoms with Crippen LogP contribution in [0, 0.1) is 6.92 Å². The lowest BCUT2D eigenvalue weighted by Gasteiger charge is -2.27. The van der Waals surface area contributed by atoms with Gasteiger partial charge in [-0.25, -0.2) is 0 Å². The van der Waals surface area contributed by atoms with Crippen LogP contribution in [0.25, 0.3) is 0 Å². The van der Waals surface area contributed by atoms with Crippen LogP contribution >= 0.6 is 0 Å². The van der Waals surface area contributed by atoms with Crippen molar-refractivity contribution in [1.82, 2.24) is 10.6 Å². The second-order valence-electron chi connectivity index (χ2n) is 6.17. The Morgan fingerprint density at radius 2 is 2.00 bits per heavy atom. The molecular weight excluding hydrogens is 220 g/mol. The highest BCUT2D eigenvalue weighted by Crippen LogP contribution is 2.22. The van der Waals surface area contributed by atoms with E-state index in [4.69, 9.17) is 0 Å². The number of benzene rings is 1. The van der Waals surface area contributed by atoms with Gasteiger partial charge in [-0.05, 0) is 31.9 Å². The number of nitrogens with one attached hydrogen (secondary N) is 2. The van der Waals surface area contributed by atoms with Gasteiger partial charge in [0.2, 0.25) is 0 Å². The third-order valence-corrected chi connectivity index (χ3v) is 3.95. The second kappa shape index (κ2) is 5.85. The standard InChI is InChI=1S/C16H26N2/c1-13-6-8-14(9-7-13)16(2,3)12-17-11-15-5-4-10-18-15/h6-9,15,17-18H,4-5,10-12H2,1-3H3. The molecule has 0 amide bonds. The lowest BCUT2D eigenvalue weighted by Crippen LogP contribution is -2.40. The Kier molecular flexibility index (Phi) is 4.41. The maximum atomic E-state index is 3.62. The van der Waals surface area contributed by atoms with Gasteiger partial charge in [-0.3, -0.25) is 0 Å². The highest BCUT2D eigenvalue weighted by molar-refractivity contribution is 5.27. The summed E-state index contributed by atoms with van der Waals surface area (Å²) in [5.41, 5.74) is 2.95. The zero-order valence-corrected chi connectivity index (χ0v) is 11.9. The van der Waals surface area contributed by atoms with Gasteiger partial charge in [0.1, 0.15) is 0 Å². The molecule has 100 valence electrons. The molecule has 1 unspecified atom stereocenters. The molecular formula is C16H26N2. The molecule has 1 fully saturated rings. The summed E-state index contributed by atoms with van der Waals surface area (Å²) in [4.78, 5) is 0. The van der Waals surface area contributed by atoms with Crippen LogP contribution in [-0.2, 0) is 5.41 Å².